The second-order valence-electron chi connectivity index (χ2n) is 12.4. The van der Waals surface area contributed by atoms with Crippen molar-refractivity contribution in [3.05, 3.63) is 83.2 Å². The van der Waals surface area contributed by atoms with E-state index < -0.39 is 59.6 Å². The van der Waals surface area contributed by atoms with E-state index in [1.165, 1.54) is 9.58 Å². The van der Waals surface area contributed by atoms with Gasteiger partial charge in [-0.3, -0.25) is 14.4 Å². The van der Waals surface area contributed by atoms with Gasteiger partial charge in [-0.2, -0.15) is 5.10 Å². The average molecular weight is 643 g/mol. The second kappa shape index (κ2) is 16.4. The molecule has 0 saturated carbocycles. The molecule has 0 aliphatic carbocycles. The minimum Gasteiger partial charge on any atom is -0.480 e. The number of carboxylic acids is 1. The van der Waals surface area contributed by atoms with Gasteiger partial charge in [0, 0.05) is 37.3 Å². The molecule has 0 fully saturated rings. The molecule has 3 aromatic rings. The minimum atomic E-state index is -1.08. The third-order valence-corrected chi connectivity index (χ3v) is 7.64. The zero-order chi connectivity index (χ0) is 34.0. The number of benzene rings is 2. The molecule has 250 valence electrons. The van der Waals surface area contributed by atoms with Crippen LogP contribution < -0.4 is 16.8 Å². The number of carbonyl (C=O) groups is 3. The number of rotatable bonds is 16. The number of nitrogens with one attached hydrogen (secondary N) is 1. The first-order valence-electron chi connectivity index (χ1n) is 15.2. The Hall–Kier alpha value is -4.20. The van der Waals surface area contributed by atoms with Gasteiger partial charge < -0.3 is 31.9 Å². The van der Waals surface area contributed by atoms with Crippen LogP contribution >= 0.6 is 0 Å². The molecule has 1 heterocycles. The molecule has 13 heteroatoms. The fourth-order valence-corrected chi connectivity index (χ4v) is 5.27. The van der Waals surface area contributed by atoms with Crippen molar-refractivity contribution in [1.82, 2.24) is 20.0 Å². The number of carbonyl (C=O) groups excluding carboxylic acids is 2. The second-order valence-corrected chi connectivity index (χ2v) is 12.4. The van der Waals surface area contributed by atoms with E-state index in [1.54, 1.807) is 6.20 Å². The zero-order valence-electron chi connectivity index (χ0n) is 26.5. The number of aliphatic hydroxyl groups excluding tert-OH is 1. The van der Waals surface area contributed by atoms with Crippen LogP contribution in [-0.2, 0) is 20.8 Å². The Kier molecular flexibility index (Phi) is 12.9. The summed E-state index contributed by atoms with van der Waals surface area (Å²) < 4.78 is 30.3. The van der Waals surface area contributed by atoms with Crippen LogP contribution in [0, 0.1) is 17.0 Å². The molecule has 2 aromatic carbocycles. The molecule has 0 radical (unpaired) electrons. The monoisotopic (exact) mass is 642 g/mol. The van der Waals surface area contributed by atoms with E-state index in [2.05, 4.69) is 5.32 Å². The lowest BCUT2D eigenvalue weighted by Gasteiger charge is -2.40. The Bertz CT molecular complexity index is 1480. The highest BCUT2D eigenvalue weighted by molar-refractivity contribution is 5.81. The first-order valence-corrected chi connectivity index (χ1v) is 15.2. The lowest BCUT2D eigenvalue weighted by atomic mass is 9.81. The van der Waals surface area contributed by atoms with E-state index in [9.17, 15) is 28.3 Å². The fourth-order valence-electron chi connectivity index (χ4n) is 5.27. The maximum absolute atomic E-state index is 14.9. The first-order chi connectivity index (χ1) is 21.7. The Balaban J connectivity index is 1.89. The highest BCUT2D eigenvalue weighted by atomic mass is 19.1. The predicted octanol–water partition coefficient (Wildman–Crippen LogP) is 3.07. The summed E-state index contributed by atoms with van der Waals surface area (Å²) in [5.74, 6) is -3.46. The molecule has 0 saturated heterocycles. The molecule has 7 N–H and O–H groups in total. The Morgan fingerprint density at radius 2 is 1.72 bits per heavy atom. The van der Waals surface area contributed by atoms with Crippen molar-refractivity contribution in [2.24, 2.45) is 16.9 Å². The Morgan fingerprint density at radius 3 is 2.35 bits per heavy atom. The van der Waals surface area contributed by atoms with Crippen molar-refractivity contribution >= 4 is 17.8 Å². The van der Waals surface area contributed by atoms with E-state index in [0.29, 0.717) is 30.5 Å². The highest BCUT2D eigenvalue weighted by Gasteiger charge is 2.38. The number of nitrogens with zero attached hydrogens (tertiary/aromatic N) is 3. The van der Waals surface area contributed by atoms with Gasteiger partial charge >= 0.3 is 5.97 Å². The summed E-state index contributed by atoms with van der Waals surface area (Å²) in [6, 6.07) is 9.86. The van der Waals surface area contributed by atoms with E-state index in [-0.39, 0.29) is 31.6 Å². The lowest BCUT2D eigenvalue weighted by molar-refractivity contribution is -0.140. The Labute approximate surface area is 267 Å². The van der Waals surface area contributed by atoms with Crippen LogP contribution in [0.1, 0.15) is 69.3 Å². The summed E-state index contributed by atoms with van der Waals surface area (Å²) in [4.78, 5) is 38.3. The van der Waals surface area contributed by atoms with Gasteiger partial charge in [-0.15, -0.1) is 0 Å². The number of hydrogen-bond acceptors (Lipinski definition) is 7. The van der Waals surface area contributed by atoms with Gasteiger partial charge in [0.05, 0.1) is 17.8 Å². The van der Waals surface area contributed by atoms with Crippen molar-refractivity contribution < 1.29 is 33.4 Å². The molecule has 0 aliphatic rings. The number of aromatic nitrogens is 2. The summed E-state index contributed by atoms with van der Waals surface area (Å²) in [5.41, 5.74) is 13.0. The SMILES string of the molecule is CC(C)(C)[C@H](c1nn(-c2cc(F)ccc2F)cc1Cc1ccccc1)N(CC[C@H](N)C(=O)NCCCC[C@H](N)C(=O)O)C(=O)CO. The molecule has 0 aliphatic heterocycles. The van der Waals surface area contributed by atoms with E-state index >= 15 is 0 Å². The van der Waals surface area contributed by atoms with E-state index in [0.717, 1.165) is 23.8 Å². The molecular weight excluding hydrogens is 598 g/mol. The maximum Gasteiger partial charge on any atom is 0.320 e. The predicted molar refractivity (Wildman–Crippen MR) is 169 cm³/mol. The molecule has 0 spiro atoms. The van der Waals surface area contributed by atoms with Crippen molar-refractivity contribution in [3.63, 3.8) is 0 Å². The van der Waals surface area contributed by atoms with Gasteiger partial charge in [-0.1, -0.05) is 51.1 Å². The van der Waals surface area contributed by atoms with Crippen molar-refractivity contribution in [3.8, 4) is 5.69 Å². The number of aliphatic hydroxyl groups is 1. The normalized spacial score (nSPS) is 13.6. The molecule has 1 aromatic heterocycles. The summed E-state index contributed by atoms with van der Waals surface area (Å²) in [7, 11) is 0. The smallest absolute Gasteiger partial charge is 0.320 e. The van der Waals surface area contributed by atoms with Crippen LogP contribution in [0.4, 0.5) is 8.78 Å². The third kappa shape index (κ3) is 9.90. The molecular formula is C33H44F2N6O5. The van der Waals surface area contributed by atoms with Gasteiger partial charge in [-0.05, 0) is 48.8 Å². The molecule has 3 atom stereocenters. The number of carboxylic acid groups (broad SMARTS) is 1. The largest absolute Gasteiger partial charge is 0.480 e. The highest BCUT2D eigenvalue weighted by Crippen LogP contribution is 2.40. The number of unbranched alkanes of at least 4 members (excludes halogenated alkanes) is 1. The van der Waals surface area contributed by atoms with Gasteiger partial charge in [0.2, 0.25) is 11.8 Å². The Morgan fingerprint density at radius 1 is 1.02 bits per heavy atom. The summed E-state index contributed by atoms with van der Waals surface area (Å²) >= 11 is 0. The van der Waals surface area contributed by atoms with Gasteiger partial charge in [-0.25, -0.2) is 13.5 Å². The van der Waals surface area contributed by atoms with Gasteiger partial charge in [0.25, 0.3) is 0 Å². The standard InChI is InChI=1S/C33H44F2N6O5/c1-33(2,3)30(40(28(43)20-42)16-14-25(36)31(44)38-15-8-7-11-26(37)32(45)46)29-22(17-21-9-5-4-6-10-21)19-41(39-29)27-18-23(34)12-13-24(27)35/h4-6,9-10,12-13,18-19,25-26,30,42H,7-8,11,14-17,20,36-37H2,1-3H3,(H,38,44)(H,45,46)/t25-,26-,30-/m0/s1. The minimum absolute atomic E-state index is 0.00462. The van der Waals surface area contributed by atoms with Crippen LogP contribution in [-0.4, -0.2) is 74.5 Å². The van der Waals surface area contributed by atoms with Crippen LogP contribution in [0.5, 0.6) is 0 Å². The van der Waals surface area contributed by atoms with Crippen LogP contribution in [0.2, 0.25) is 0 Å². The van der Waals surface area contributed by atoms with Gasteiger partial charge in [0.1, 0.15) is 30.0 Å². The number of nitrogens with two attached hydrogens (primary N) is 2. The zero-order valence-corrected chi connectivity index (χ0v) is 26.5. The molecule has 0 unspecified atom stereocenters. The summed E-state index contributed by atoms with van der Waals surface area (Å²) in [5, 5.41) is 26.3. The molecule has 46 heavy (non-hydrogen) atoms. The maximum atomic E-state index is 14.9. The molecule has 0 bridgehead atoms. The van der Waals surface area contributed by atoms with Crippen LogP contribution in [0.15, 0.2) is 54.7 Å². The third-order valence-electron chi connectivity index (χ3n) is 7.64. The summed E-state index contributed by atoms with van der Waals surface area (Å²) in [6.45, 7) is 5.15. The average Bonchev–Trinajstić information content (AvgIpc) is 3.41. The fraction of sp³-hybridized carbons (Fsp3) is 0.455. The lowest BCUT2D eigenvalue weighted by Crippen LogP contribution is -2.47. The van der Waals surface area contributed by atoms with Crippen LogP contribution in [0.3, 0.4) is 0 Å². The summed E-state index contributed by atoms with van der Waals surface area (Å²) in [6.07, 6.45) is 3.34. The van der Waals surface area contributed by atoms with E-state index in [4.69, 9.17) is 21.7 Å². The van der Waals surface area contributed by atoms with Crippen LogP contribution in [0.25, 0.3) is 5.69 Å². The quantitative estimate of drug-likeness (QED) is 0.148. The number of aliphatic carboxylic acids is 1. The van der Waals surface area contributed by atoms with Gasteiger partial charge in [0.15, 0.2) is 0 Å². The van der Waals surface area contributed by atoms with E-state index in [1.807, 2.05) is 51.1 Å². The van der Waals surface area contributed by atoms with Crippen molar-refractivity contribution in [1.29, 1.82) is 0 Å². The molecule has 3 rings (SSSR count). The number of hydrogen-bond donors (Lipinski definition) is 5. The molecule has 2 amide bonds. The van der Waals surface area contributed by atoms with Crippen molar-refractivity contribution in [2.75, 3.05) is 19.7 Å². The number of halogens is 2. The number of amides is 2. The molecule has 11 nitrogen and oxygen atoms in total. The topological polar surface area (TPSA) is 177 Å². The van der Waals surface area contributed by atoms with Crippen molar-refractivity contribution in [2.45, 2.75) is 71.0 Å². The first kappa shape index (κ1) is 36.3.